The van der Waals surface area contributed by atoms with E-state index < -0.39 is 53.5 Å². The first-order valence-electron chi connectivity index (χ1n) is 6.69. The third-order valence-electron chi connectivity index (χ3n) is 3.40. The van der Waals surface area contributed by atoms with E-state index in [2.05, 4.69) is 0 Å². The number of nitro groups is 1. The zero-order valence-electron chi connectivity index (χ0n) is 12.9. The molecule has 0 saturated heterocycles. The lowest BCUT2D eigenvalue weighted by molar-refractivity contribution is -0.385. The molecule has 1 amide bonds. The third kappa shape index (κ3) is 3.43. The van der Waals surface area contributed by atoms with E-state index >= 15 is 0 Å². The van der Waals surface area contributed by atoms with Crippen LogP contribution in [0.3, 0.4) is 0 Å². The lowest BCUT2D eigenvalue weighted by Crippen LogP contribution is -2.30. The van der Waals surface area contributed by atoms with E-state index in [9.17, 15) is 27.7 Å². The van der Waals surface area contributed by atoms with Crippen molar-refractivity contribution in [2.75, 3.05) is 11.4 Å². The summed E-state index contributed by atoms with van der Waals surface area (Å²) >= 11 is 11.6. The molecule has 0 aliphatic heterocycles. The van der Waals surface area contributed by atoms with Gasteiger partial charge in [-0.25, -0.2) is 12.8 Å². The SMILES string of the molecule is CN(c1c(F)cccc1C(N)=O)S(=O)(=O)c1cc([N+](=O)[O-])cc(Cl)c1Cl. The molecule has 0 aliphatic rings. The van der Waals surface area contributed by atoms with Crippen LogP contribution in [0.1, 0.15) is 10.4 Å². The summed E-state index contributed by atoms with van der Waals surface area (Å²) < 4.78 is 40.3. The second-order valence-corrected chi connectivity index (χ2v) is 7.69. The molecule has 0 radical (unpaired) electrons. The predicted octanol–water partition coefficient (Wildman–Crippen LogP) is 2.96. The van der Waals surface area contributed by atoms with Crippen molar-refractivity contribution in [2.24, 2.45) is 5.73 Å². The number of primary amides is 1. The Kier molecular flexibility index (Phi) is 5.40. The normalized spacial score (nSPS) is 11.2. The van der Waals surface area contributed by atoms with E-state index in [1.54, 1.807) is 0 Å². The largest absolute Gasteiger partial charge is 0.366 e. The molecular weight excluding hydrogens is 412 g/mol. The second kappa shape index (κ2) is 7.06. The van der Waals surface area contributed by atoms with Crippen molar-refractivity contribution in [3.8, 4) is 0 Å². The van der Waals surface area contributed by atoms with Gasteiger partial charge in [0.15, 0.2) is 0 Å². The topological polar surface area (TPSA) is 124 Å². The fraction of sp³-hybridized carbons (Fsp3) is 0.0714. The quantitative estimate of drug-likeness (QED) is 0.586. The Hall–Kier alpha value is -2.43. The van der Waals surface area contributed by atoms with Gasteiger partial charge < -0.3 is 5.73 Å². The number of nitro benzene ring substituents is 1. The van der Waals surface area contributed by atoms with Crippen molar-refractivity contribution in [3.63, 3.8) is 0 Å². The van der Waals surface area contributed by atoms with Gasteiger partial charge in [0.1, 0.15) is 10.7 Å². The Morgan fingerprint density at radius 3 is 2.46 bits per heavy atom. The first-order chi connectivity index (χ1) is 12.0. The molecule has 0 spiro atoms. The fourth-order valence-electron chi connectivity index (χ4n) is 2.15. The highest BCUT2D eigenvalue weighted by atomic mass is 35.5. The fourth-order valence-corrected chi connectivity index (χ4v) is 4.14. The number of para-hydroxylation sites is 1. The van der Waals surface area contributed by atoms with Crippen molar-refractivity contribution in [1.82, 2.24) is 0 Å². The summed E-state index contributed by atoms with van der Waals surface area (Å²) in [4.78, 5) is 20.9. The maximum atomic E-state index is 14.2. The summed E-state index contributed by atoms with van der Waals surface area (Å²) in [5.74, 6) is -2.11. The molecule has 0 unspecified atom stereocenters. The van der Waals surface area contributed by atoms with E-state index in [-0.39, 0.29) is 5.02 Å². The van der Waals surface area contributed by atoms with Gasteiger partial charge in [0.25, 0.3) is 21.6 Å². The van der Waals surface area contributed by atoms with Gasteiger partial charge in [0.05, 0.1) is 26.2 Å². The van der Waals surface area contributed by atoms with Crippen LogP contribution in [-0.2, 0) is 10.0 Å². The number of hydrogen-bond donors (Lipinski definition) is 1. The van der Waals surface area contributed by atoms with E-state index in [1.165, 1.54) is 6.07 Å². The lowest BCUT2D eigenvalue weighted by Gasteiger charge is -2.22. The van der Waals surface area contributed by atoms with Gasteiger partial charge in [-0.1, -0.05) is 29.3 Å². The van der Waals surface area contributed by atoms with Crippen LogP contribution in [0.25, 0.3) is 0 Å². The Balaban J connectivity index is 2.74. The maximum absolute atomic E-state index is 14.2. The molecule has 0 atom stereocenters. The molecule has 0 aliphatic carbocycles. The van der Waals surface area contributed by atoms with E-state index in [4.69, 9.17) is 28.9 Å². The van der Waals surface area contributed by atoms with Crippen LogP contribution in [0.5, 0.6) is 0 Å². The van der Waals surface area contributed by atoms with Crippen molar-refractivity contribution in [3.05, 3.63) is 61.9 Å². The summed E-state index contributed by atoms with van der Waals surface area (Å²) in [5.41, 5.74) is 3.50. The molecule has 26 heavy (non-hydrogen) atoms. The molecule has 0 aromatic heterocycles. The molecule has 2 aromatic rings. The summed E-state index contributed by atoms with van der Waals surface area (Å²) in [6.07, 6.45) is 0. The van der Waals surface area contributed by atoms with Gasteiger partial charge >= 0.3 is 0 Å². The molecule has 2 rings (SSSR count). The Bertz CT molecular complexity index is 1030. The van der Waals surface area contributed by atoms with Crippen LogP contribution in [-0.4, -0.2) is 26.3 Å². The average Bonchev–Trinajstić information content (AvgIpc) is 2.55. The van der Waals surface area contributed by atoms with Gasteiger partial charge in [-0.05, 0) is 12.1 Å². The second-order valence-electron chi connectivity index (χ2n) is 4.97. The summed E-state index contributed by atoms with van der Waals surface area (Å²) in [6.45, 7) is 0. The van der Waals surface area contributed by atoms with Crippen molar-refractivity contribution >= 4 is 50.5 Å². The van der Waals surface area contributed by atoms with Crippen LogP contribution in [0.15, 0.2) is 35.2 Å². The van der Waals surface area contributed by atoms with Crippen LogP contribution in [0.4, 0.5) is 15.8 Å². The molecule has 0 fully saturated rings. The van der Waals surface area contributed by atoms with Gasteiger partial charge in [0.2, 0.25) is 0 Å². The number of carbonyl (C=O) groups is 1. The number of nitrogens with two attached hydrogens (primary N) is 1. The van der Waals surface area contributed by atoms with Crippen LogP contribution < -0.4 is 10.0 Å². The van der Waals surface area contributed by atoms with Gasteiger partial charge in [-0.15, -0.1) is 0 Å². The highest BCUT2D eigenvalue weighted by Gasteiger charge is 2.31. The number of benzene rings is 2. The summed E-state index contributed by atoms with van der Waals surface area (Å²) in [6, 6.07) is 4.80. The molecule has 0 heterocycles. The summed E-state index contributed by atoms with van der Waals surface area (Å²) in [5, 5.41) is 10.1. The zero-order chi connectivity index (χ0) is 19.8. The van der Waals surface area contributed by atoms with Crippen LogP contribution >= 0.6 is 23.2 Å². The van der Waals surface area contributed by atoms with E-state index in [1.807, 2.05) is 0 Å². The monoisotopic (exact) mass is 421 g/mol. The number of nitrogens with zero attached hydrogens (tertiary/aromatic N) is 2. The number of anilines is 1. The van der Waals surface area contributed by atoms with E-state index in [0.717, 1.165) is 25.2 Å². The zero-order valence-corrected chi connectivity index (χ0v) is 15.3. The molecule has 138 valence electrons. The van der Waals surface area contributed by atoms with Crippen molar-refractivity contribution in [1.29, 1.82) is 0 Å². The van der Waals surface area contributed by atoms with Crippen molar-refractivity contribution < 1.29 is 22.5 Å². The minimum atomic E-state index is -4.62. The number of non-ortho nitro benzene ring substituents is 1. The average molecular weight is 422 g/mol. The smallest absolute Gasteiger partial charge is 0.272 e. The Morgan fingerprint density at radius 1 is 1.31 bits per heavy atom. The van der Waals surface area contributed by atoms with Gasteiger partial charge in [-0.2, -0.15) is 0 Å². The molecule has 0 bridgehead atoms. The predicted molar refractivity (Wildman–Crippen MR) is 93.6 cm³/mol. The Morgan fingerprint density at radius 2 is 1.92 bits per heavy atom. The number of carbonyl (C=O) groups excluding carboxylic acids is 1. The van der Waals surface area contributed by atoms with Gasteiger partial charge in [-0.3, -0.25) is 19.2 Å². The first kappa shape index (κ1) is 19.9. The molecule has 0 saturated carbocycles. The van der Waals surface area contributed by atoms with Crippen molar-refractivity contribution in [2.45, 2.75) is 4.90 Å². The standard InChI is InChI=1S/C14H10Cl2FN3O5S/c1-19(13-8(14(18)21)3-2-4-10(13)17)26(24,25)11-6-7(20(22)23)5-9(15)12(11)16/h2-6H,1H3,(H2,18,21). The lowest BCUT2D eigenvalue weighted by atomic mass is 10.1. The number of hydrogen-bond acceptors (Lipinski definition) is 5. The number of halogens is 3. The molecular formula is C14H10Cl2FN3O5S. The molecule has 2 N–H and O–H groups in total. The minimum Gasteiger partial charge on any atom is -0.366 e. The number of sulfonamides is 1. The maximum Gasteiger partial charge on any atom is 0.272 e. The highest BCUT2D eigenvalue weighted by molar-refractivity contribution is 7.93. The first-order valence-corrected chi connectivity index (χ1v) is 8.88. The molecule has 12 heteroatoms. The summed E-state index contributed by atoms with van der Waals surface area (Å²) in [7, 11) is -3.67. The third-order valence-corrected chi connectivity index (χ3v) is 6.09. The molecule has 8 nitrogen and oxygen atoms in total. The Labute approximate surface area is 157 Å². The number of amides is 1. The van der Waals surface area contributed by atoms with E-state index in [0.29, 0.717) is 10.4 Å². The molecule has 2 aromatic carbocycles. The minimum absolute atomic E-state index is 0.378. The van der Waals surface area contributed by atoms with Crippen LogP contribution in [0, 0.1) is 15.9 Å². The van der Waals surface area contributed by atoms with Gasteiger partial charge in [0, 0.05) is 19.2 Å². The van der Waals surface area contributed by atoms with Crippen LogP contribution in [0.2, 0.25) is 10.0 Å². The number of rotatable bonds is 5. The highest BCUT2D eigenvalue weighted by Crippen LogP contribution is 2.37.